The van der Waals surface area contributed by atoms with Gasteiger partial charge in [-0.25, -0.2) is 9.98 Å². The van der Waals surface area contributed by atoms with Crippen molar-refractivity contribution in [3.8, 4) is 0 Å². The summed E-state index contributed by atoms with van der Waals surface area (Å²) < 4.78 is 38.8. The number of alkyl halides is 3. The van der Waals surface area contributed by atoms with E-state index in [0.717, 1.165) is 31.7 Å². The highest BCUT2D eigenvalue weighted by molar-refractivity contribution is 5.94. The molecule has 6 N–H and O–H groups in total. The fourth-order valence-corrected chi connectivity index (χ4v) is 3.79. The Kier molecular flexibility index (Phi) is 7.22. The van der Waals surface area contributed by atoms with Gasteiger partial charge >= 0.3 is 6.18 Å². The van der Waals surface area contributed by atoms with Crippen LogP contribution in [0.25, 0.3) is 0 Å². The number of anilines is 1. The molecular formula is C22H27F3N6O. The Labute approximate surface area is 184 Å². The van der Waals surface area contributed by atoms with Gasteiger partial charge in [0.05, 0.1) is 5.69 Å². The number of hydrogen-bond donors (Lipinski definition) is 4. The number of rotatable bonds is 6. The average Bonchev–Trinajstić information content (AvgIpc) is 2.72. The van der Waals surface area contributed by atoms with Crippen LogP contribution in [0.5, 0.6) is 0 Å². The second-order valence-electron chi connectivity index (χ2n) is 8.04. The van der Waals surface area contributed by atoms with Gasteiger partial charge in [0, 0.05) is 29.5 Å². The van der Waals surface area contributed by atoms with Crippen LogP contribution in [0.4, 0.5) is 24.5 Å². The predicted octanol–water partition coefficient (Wildman–Crippen LogP) is 3.71. The molecule has 0 atom stereocenters. The van der Waals surface area contributed by atoms with Gasteiger partial charge in [0.2, 0.25) is 0 Å². The summed E-state index contributed by atoms with van der Waals surface area (Å²) in [7, 11) is 0. The molecule has 10 heteroatoms. The first-order valence-electron chi connectivity index (χ1n) is 10.4. The number of aryl methyl sites for hydroxylation is 1. The number of halogens is 3. The van der Waals surface area contributed by atoms with E-state index in [1.807, 2.05) is 0 Å². The van der Waals surface area contributed by atoms with Gasteiger partial charge in [-0.1, -0.05) is 0 Å². The maximum Gasteiger partial charge on any atom is 0.433 e. The van der Waals surface area contributed by atoms with E-state index in [4.69, 9.17) is 11.5 Å². The molecule has 1 aliphatic rings. The van der Waals surface area contributed by atoms with Gasteiger partial charge in [-0.3, -0.25) is 4.79 Å². The minimum Gasteiger partial charge on any atom is -0.385 e. The van der Waals surface area contributed by atoms with Crippen molar-refractivity contribution in [2.75, 3.05) is 11.9 Å². The Morgan fingerprint density at radius 1 is 1.12 bits per heavy atom. The number of guanidine groups is 1. The molecule has 32 heavy (non-hydrogen) atoms. The van der Waals surface area contributed by atoms with E-state index in [-0.39, 0.29) is 17.9 Å². The lowest BCUT2D eigenvalue weighted by molar-refractivity contribution is -0.141. The van der Waals surface area contributed by atoms with Crippen LogP contribution in [0, 0.1) is 12.8 Å². The van der Waals surface area contributed by atoms with Crippen molar-refractivity contribution >= 4 is 23.2 Å². The zero-order valence-electron chi connectivity index (χ0n) is 17.7. The fourth-order valence-electron chi connectivity index (χ4n) is 3.79. The highest BCUT2D eigenvalue weighted by atomic mass is 19.4. The van der Waals surface area contributed by atoms with Crippen molar-refractivity contribution in [2.45, 2.75) is 44.8 Å². The molecule has 1 aliphatic carbocycles. The van der Waals surface area contributed by atoms with Gasteiger partial charge in [0.1, 0.15) is 5.69 Å². The standard InChI is InChI=1S/C22H27F3N6O/c1-13-10-18(11-19(29-13)22(23,24)25)28-12-14-2-6-16(7-3-14)30-20(32)15-4-8-17(9-5-15)31-21(26)27/h4-5,8-11,14,16H,2-3,6-7,12H2,1H3,(H,28,29)(H,30,32)(H4,26,27,31). The van der Waals surface area contributed by atoms with Gasteiger partial charge in [-0.2, -0.15) is 13.2 Å². The lowest BCUT2D eigenvalue weighted by atomic mass is 9.86. The lowest BCUT2D eigenvalue weighted by Crippen LogP contribution is -2.38. The van der Waals surface area contributed by atoms with Crippen molar-refractivity contribution in [2.24, 2.45) is 22.4 Å². The van der Waals surface area contributed by atoms with Crippen molar-refractivity contribution in [1.82, 2.24) is 10.3 Å². The molecule has 172 valence electrons. The molecule has 0 aliphatic heterocycles. The lowest BCUT2D eigenvalue weighted by Gasteiger charge is -2.29. The summed E-state index contributed by atoms with van der Waals surface area (Å²) in [4.78, 5) is 20.0. The second-order valence-corrected chi connectivity index (χ2v) is 8.04. The average molecular weight is 448 g/mol. The molecule has 1 aromatic heterocycles. The quantitative estimate of drug-likeness (QED) is 0.397. The van der Waals surface area contributed by atoms with Gasteiger partial charge in [-0.05, 0) is 74.9 Å². The highest BCUT2D eigenvalue weighted by Gasteiger charge is 2.33. The molecule has 0 unspecified atom stereocenters. The van der Waals surface area contributed by atoms with Crippen LogP contribution >= 0.6 is 0 Å². The van der Waals surface area contributed by atoms with Crippen molar-refractivity contribution in [1.29, 1.82) is 0 Å². The highest BCUT2D eigenvalue weighted by Crippen LogP contribution is 2.30. The predicted molar refractivity (Wildman–Crippen MR) is 118 cm³/mol. The monoisotopic (exact) mass is 448 g/mol. The first kappa shape index (κ1) is 23.4. The topological polar surface area (TPSA) is 118 Å². The molecule has 0 bridgehead atoms. The molecule has 1 fully saturated rings. The maximum atomic E-state index is 12.9. The number of benzene rings is 1. The minimum absolute atomic E-state index is 0.0479. The summed E-state index contributed by atoms with van der Waals surface area (Å²) in [5, 5.41) is 6.16. The number of pyridine rings is 1. The van der Waals surface area contributed by atoms with E-state index in [9.17, 15) is 18.0 Å². The molecule has 1 aromatic carbocycles. The van der Waals surface area contributed by atoms with Crippen LogP contribution in [0.15, 0.2) is 41.4 Å². The van der Waals surface area contributed by atoms with Crippen molar-refractivity contribution in [3.63, 3.8) is 0 Å². The first-order valence-corrected chi connectivity index (χ1v) is 10.4. The Morgan fingerprint density at radius 3 is 2.38 bits per heavy atom. The molecule has 2 aromatic rings. The zero-order valence-corrected chi connectivity index (χ0v) is 17.7. The molecule has 1 saturated carbocycles. The van der Waals surface area contributed by atoms with Crippen LogP contribution in [0.3, 0.4) is 0 Å². The number of amides is 1. The van der Waals surface area contributed by atoms with Crippen LogP contribution in [0.1, 0.15) is 47.4 Å². The first-order chi connectivity index (χ1) is 15.1. The summed E-state index contributed by atoms with van der Waals surface area (Å²) in [6.45, 7) is 2.12. The van der Waals surface area contributed by atoms with E-state index in [2.05, 4.69) is 20.6 Å². The molecule has 0 radical (unpaired) electrons. The molecule has 7 nitrogen and oxygen atoms in total. The minimum atomic E-state index is -4.47. The number of carbonyl (C=O) groups excluding carboxylic acids is 1. The zero-order chi connectivity index (χ0) is 23.3. The number of aliphatic imine (C=N–C) groups is 1. The summed E-state index contributed by atoms with van der Waals surface area (Å²) in [5.41, 5.74) is 11.6. The van der Waals surface area contributed by atoms with E-state index in [0.29, 0.717) is 35.1 Å². The smallest absolute Gasteiger partial charge is 0.385 e. The normalized spacial score (nSPS) is 18.6. The Morgan fingerprint density at radius 2 is 1.78 bits per heavy atom. The number of hydrogen-bond acceptors (Lipinski definition) is 4. The number of nitrogens with two attached hydrogens (primary N) is 2. The molecular weight excluding hydrogens is 421 g/mol. The van der Waals surface area contributed by atoms with E-state index in [1.54, 1.807) is 37.3 Å². The summed E-state index contributed by atoms with van der Waals surface area (Å²) in [5.74, 6) is 0.118. The summed E-state index contributed by atoms with van der Waals surface area (Å²) in [6.07, 6.45) is -1.10. The SMILES string of the molecule is Cc1cc(NCC2CCC(NC(=O)c3ccc(N=C(N)N)cc3)CC2)cc(C(F)(F)F)n1. The molecule has 0 spiro atoms. The van der Waals surface area contributed by atoms with Crippen LogP contribution in [-0.2, 0) is 6.18 Å². The Bertz CT molecular complexity index is 963. The molecule has 1 amide bonds. The van der Waals surface area contributed by atoms with Crippen molar-refractivity contribution < 1.29 is 18.0 Å². The summed E-state index contributed by atoms with van der Waals surface area (Å²) >= 11 is 0. The number of carbonyl (C=O) groups is 1. The third kappa shape index (κ3) is 6.60. The van der Waals surface area contributed by atoms with Crippen LogP contribution in [0.2, 0.25) is 0 Å². The summed E-state index contributed by atoms with van der Waals surface area (Å²) in [6, 6.07) is 9.38. The van der Waals surface area contributed by atoms with Gasteiger partial charge in [-0.15, -0.1) is 0 Å². The third-order valence-electron chi connectivity index (χ3n) is 5.41. The van der Waals surface area contributed by atoms with E-state index < -0.39 is 11.9 Å². The fraction of sp³-hybridized carbons (Fsp3) is 0.409. The third-order valence-corrected chi connectivity index (χ3v) is 5.41. The largest absolute Gasteiger partial charge is 0.433 e. The Hall–Kier alpha value is -3.30. The number of nitrogens with one attached hydrogen (secondary N) is 2. The number of nitrogens with zero attached hydrogens (tertiary/aromatic N) is 2. The van der Waals surface area contributed by atoms with E-state index >= 15 is 0 Å². The van der Waals surface area contributed by atoms with Gasteiger partial charge in [0.25, 0.3) is 5.91 Å². The maximum absolute atomic E-state index is 12.9. The molecule has 1 heterocycles. The Balaban J connectivity index is 1.47. The molecule has 3 rings (SSSR count). The second kappa shape index (κ2) is 9.88. The van der Waals surface area contributed by atoms with Crippen LogP contribution in [-0.4, -0.2) is 29.4 Å². The molecule has 0 saturated heterocycles. The van der Waals surface area contributed by atoms with Gasteiger partial charge < -0.3 is 22.1 Å². The van der Waals surface area contributed by atoms with E-state index in [1.165, 1.54) is 0 Å². The van der Waals surface area contributed by atoms with Crippen LogP contribution < -0.4 is 22.1 Å². The van der Waals surface area contributed by atoms with Crippen molar-refractivity contribution in [3.05, 3.63) is 53.3 Å². The number of aromatic nitrogens is 1. The van der Waals surface area contributed by atoms with Gasteiger partial charge in [0.15, 0.2) is 5.96 Å².